The van der Waals surface area contributed by atoms with Crippen molar-refractivity contribution in [3.05, 3.63) is 58.2 Å². The molecule has 1 atom stereocenters. The van der Waals surface area contributed by atoms with Crippen molar-refractivity contribution in [3.63, 3.8) is 0 Å². The molecular formula is C21H20Cl2F3N5O. The van der Waals surface area contributed by atoms with E-state index in [0.29, 0.717) is 4.68 Å². The predicted octanol–water partition coefficient (Wildman–Crippen LogP) is 5.28. The van der Waals surface area contributed by atoms with Crippen LogP contribution in [0.3, 0.4) is 0 Å². The lowest BCUT2D eigenvalue weighted by atomic mass is 10.1. The van der Waals surface area contributed by atoms with Crippen molar-refractivity contribution in [2.45, 2.75) is 31.3 Å². The number of halogens is 5. The van der Waals surface area contributed by atoms with Crippen LogP contribution in [-0.4, -0.2) is 34.2 Å². The fraction of sp³-hybridized carbons (Fsp3) is 0.333. The average molecular weight is 495 g/mol. The van der Waals surface area contributed by atoms with Crippen molar-refractivity contribution in [2.75, 3.05) is 18.7 Å². The van der Waals surface area contributed by atoms with E-state index in [0.717, 1.165) is 36.8 Å². The minimum Gasteiger partial charge on any atom is -0.476 e. The van der Waals surface area contributed by atoms with E-state index < -0.39 is 66.4 Å². The van der Waals surface area contributed by atoms with E-state index in [-0.39, 0.29) is 22.0 Å². The molecule has 0 spiro atoms. The molecule has 3 heterocycles. The summed E-state index contributed by atoms with van der Waals surface area (Å²) in [6.07, 6.45) is -9.16. The number of nitrogens with two attached hydrogens (primary N) is 1. The third-order valence-electron chi connectivity index (χ3n) is 4.36. The van der Waals surface area contributed by atoms with Gasteiger partial charge in [-0.05, 0) is 43.9 Å². The lowest BCUT2D eigenvalue weighted by Gasteiger charge is -2.22. The molecule has 4 rings (SSSR count). The standard InChI is InChI=1S/C21H20Cl2F3N5O/c22-14-1-2-15(24)18(23)17(14)19(20(25)26)32-16-7-11(8-29-21(16)27)12-9-30-31(10-12)13-3-5-28-6-4-13/h1-2,7-10,13,19-20,28H,3-6H2,(H2,27,29)/t19-/m0/s1/i3D2,4D2,5D2,6D2,13D. The molecule has 0 bridgehead atoms. The zero-order chi connectivity index (χ0) is 30.9. The summed E-state index contributed by atoms with van der Waals surface area (Å²) in [6, 6.07) is -0.291. The highest BCUT2D eigenvalue weighted by molar-refractivity contribution is 6.36. The normalized spacial score (nSPS) is 27.2. The number of nitrogens with zero attached hydrogens (tertiary/aromatic N) is 3. The van der Waals surface area contributed by atoms with Crippen molar-refractivity contribution in [2.24, 2.45) is 0 Å². The van der Waals surface area contributed by atoms with E-state index in [2.05, 4.69) is 10.1 Å². The first-order chi connectivity index (χ1) is 18.7. The first kappa shape index (κ1) is 13.9. The van der Waals surface area contributed by atoms with Gasteiger partial charge in [-0.2, -0.15) is 5.10 Å². The second-order valence-electron chi connectivity index (χ2n) is 6.38. The SMILES string of the molecule is [2H]C1([2H])NC([2H])([2H])C([2H])([2H])C([2H])(n2cc(-c3cnc(N)c(O[C@@H](c4c(Cl)ccc(F)c4Cl)C(F)F)c3)cn2)C1([2H])[2H]. The van der Waals surface area contributed by atoms with E-state index in [1.165, 1.54) is 0 Å². The molecule has 3 N–H and O–H groups in total. The van der Waals surface area contributed by atoms with E-state index >= 15 is 0 Å². The van der Waals surface area contributed by atoms with Crippen LogP contribution >= 0.6 is 23.2 Å². The summed E-state index contributed by atoms with van der Waals surface area (Å²) in [5, 5.41) is 4.47. The van der Waals surface area contributed by atoms with Crippen LogP contribution in [0.25, 0.3) is 11.1 Å². The number of anilines is 1. The second kappa shape index (κ2) is 9.56. The maximum Gasteiger partial charge on any atom is 0.279 e. The van der Waals surface area contributed by atoms with E-state index in [4.69, 9.17) is 46.0 Å². The van der Waals surface area contributed by atoms with Crippen molar-refractivity contribution >= 4 is 29.0 Å². The molecule has 170 valence electrons. The van der Waals surface area contributed by atoms with Gasteiger partial charge in [-0.1, -0.05) is 23.2 Å². The van der Waals surface area contributed by atoms with Gasteiger partial charge in [-0.25, -0.2) is 18.2 Å². The highest BCUT2D eigenvalue weighted by Gasteiger charge is 2.31. The Bertz CT molecular complexity index is 1470. The Kier molecular flexibility index (Phi) is 4.16. The molecule has 0 saturated carbocycles. The van der Waals surface area contributed by atoms with Gasteiger partial charge in [0.1, 0.15) is 5.82 Å². The Hall–Kier alpha value is -2.49. The minimum absolute atomic E-state index is 0.00403. The number of alkyl halides is 2. The van der Waals surface area contributed by atoms with Gasteiger partial charge in [-0.3, -0.25) is 4.68 Å². The number of pyridine rings is 1. The fourth-order valence-electron chi connectivity index (χ4n) is 2.84. The summed E-state index contributed by atoms with van der Waals surface area (Å²) < 4.78 is 122. The van der Waals surface area contributed by atoms with Crippen molar-refractivity contribution in [1.29, 1.82) is 0 Å². The molecule has 1 aromatic carbocycles. The van der Waals surface area contributed by atoms with Gasteiger partial charge in [0.2, 0.25) is 0 Å². The molecule has 0 radical (unpaired) electrons. The van der Waals surface area contributed by atoms with Gasteiger partial charge in [0.05, 0.1) is 18.6 Å². The number of rotatable bonds is 6. The largest absolute Gasteiger partial charge is 0.476 e. The molecule has 1 aliphatic heterocycles. The van der Waals surface area contributed by atoms with Crippen LogP contribution in [0.2, 0.25) is 10.0 Å². The van der Waals surface area contributed by atoms with Gasteiger partial charge < -0.3 is 15.8 Å². The third-order valence-corrected chi connectivity index (χ3v) is 5.07. The lowest BCUT2D eigenvalue weighted by Crippen LogP contribution is -2.29. The second-order valence-corrected chi connectivity index (χ2v) is 7.17. The summed E-state index contributed by atoms with van der Waals surface area (Å²) in [5.41, 5.74) is 5.30. The number of piperidine rings is 1. The predicted molar refractivity (Wildman–Crippen MR) is 117 cm³/mol. The monoisotopic (exact) mass is 494 g/mol. The Morgan fingerprint density at radius 1 is 1.25 bits per heavy atom. The van der Waals surface area contributed by atoms with E-state index in [1.54, 1.807) is 5.32 Å². The molecule has 11 heteroatoms. The molecule has 32 heavy (non-hydrogen) atoms. The van der Waals surface area contributed by atoms with Crippen LogP contribution < -0.4 is 15.8 Å². The molecule has 2 aromatic heterocycles. The summed E-state index contributed by atoms with van der Waals surface area (Å²) in [6.45, 7) is -6.44. The van der Waals surface area contributed by atoms with Crippen LogP contribution in [0.15, 0.2) is 36.8 Å². The number of nitrogen functional groups attached to an aromatic ring is 1. The quantitative estimate of drug-likeness (QED) is 0.455. The lowest BCUT2D eigenvalue weighted by molar-refractivity contribution is 0.0107. The Labute approximate surface area is 205 Å². The van der Waals surface area contributed by atoms with Crippen molar-refractivity contribution in [1.82, 2.24) is 20.1 Å². The first-order valence-corrected chi connectivity index (χ1v) is 9.64. The number of hydrogen-bond donors (Lipinski definition) is 2. The highest BCUT2D eigenvalue weighted by Crippen LogP contribution is 2.39. The first-order valence-electron chi connectivity index (χ1n) is 13.4. The molecule has 1 fully saturated rings. The van der Waals surface area contributed by atoms with Gasteiger partial charge in [0, 0.05) is 45.1 Å². The molecule has 6 nitrogen and oxygen atoms in total. The van der Waals surface area contributed by atoms with Gasteiger partial charge >= 0.3 is 0 Å². The molecule has 0 aliphatic carbocycles. The minimum atomic E-state index is -3.39. The Morgan fingerprint density at radius 3 is 2.72 bits per heavy atom. The van der Waals surface area contributed by atoms with Gasteiger partial charge in [0.15, 0.2) is 17.7 Å². The van der Waals surface area contributed by atoms with Crippen LogP contribution in [-0.2, 0) is 0 Å². The van der Waals surface area contributed by atoms with Crippen LogP contribution in [0.1, 0.15) is 42.8 Å². The van der Waals surface area contributed by atoms with E-state index in [1.807, 2.05) is 0 Å². The molecule has 1 aliphatic rings. The zero-order valence-corrected chi connectivity index (χ0v) is 17.3. The molecule has 1 saturated heterocycles. The van der Waals surface area contributed by atoms with Gasteiger partial charge in [0.25, 0.3) is 6.43 Å². The van der Waals surface area contributed by atoms with E-state index in [9.17, 15) is 13.2 Å². The smallest absolute Gasteiger partial charge is 0.279 e. The van der Waals surface area contributed by atoms with Crippen LogP contribution in [0.4, 0.5) is 19.0 Å². The maximum absolute atomic E-state index is 14.0. The molecule has 3 aromatic rings. The Morgan fingerprint density at radius 2 is 2.00 bits per heavy atom. The summed E-state index contributed by atoms with van der Waals surface area (Å²) in [4.78, 5) is 3.87. The number of aromatic nitrogens is 3. The molecule has 0 unspecified atom stereocenters. The maximum atomic E-state index is 14.0. The zero-order valence-electron chi connectivity index (χ0n) is 24.8. The van der Waals surface area contributed by atoms with Gasteiger partial charge in [-0.15, -0.1) is 0 Å². The highest BCUT2D eigenvalue weighted by atomic mass is 35.5. The van der Waals surface area contributed by atoms with Crippen molar-refractivity contribution in [3.8, 4) is 16.9 Å². The number of hydrogen-bond acceptors (Lipinski definition) is 5. The Balaban J connectivity index is 1.78. The number of benzene rings is 1. The summed E-state index contributed by atoms with van der Waals surface area (Å²) in [5.74, 6) is -1.83. The number of ether oxygens (including phenoxy) is 1. The van der Waals surface area contributed by atoms with Crippen LogP contribution in [0.5, 0.6) is 5.75 Å². The third kappa shape index (κ3) is 4.65. The summed E-state index contributed by atoms with van der Waals surface area (Å²) in [7, 11) is 0. The number of nitrogens with one attached hydrogen (secondary N) is 1. The van der Waals surface area contributed by atoms with Crippen molar-refractivity contribution < 1.29 is 30.2 Å². The molecular weight excluding hydrogens is 466 g/mol. The topological polar surface area (TPSA) is 78.0 Å². The molecule has 0 amide bonds. The fourth-order valence-corrected chi connectivity index (χ4v) is 3.42. The van der Waals surface area contributed by atoms with Crippen LogP contribution in [0, 0.1) is 5.82 Å². The average Bonchev–Trinajstić information content (AvgIpc) is 3.35. The summed E-state index contributed by atoms with van der Waals surface area (Å²) >= 11 is 11.9.